The molecule has 0 aliphatic rings. The average molecular weight is 568 g/mol. The molecule has 0 saturated heterocycles. The molecule has 0 heterocycles. The van der Waals surface area contributed by atoms with E-state index >= 15 is 0 Å². The summed E-state index contributed by atoms with van der Waals surface area (Å²) in [6, 6.07) is 12.2. The number of unbranched alkanes of at least 4 members (excludes halogenated alkanes) is 2. The topological polar surface area (TPSA) is 108 Å². The lowest BCUT2D eigenvalue weighted by molar-refractivity contribution is -0.142. The van der Waals surface area contributed by atoms with Crippen LogP contribution < -0.4 is 10.6 Å². The first-order valence-corrected chi connectivity index (χ1v) is 14.8. The molecule has 8 nitrogen and oxygen atoms in total. The Hall–Kier alpha value is -3.55. The summed E-state index contributed by atoms with van der Waals surface area (Å²) in [5.74, 6) is -0.514. The zero-order chi connectivity index (χ0) is 30.6. The molecule has 8 heteroatoms. The van der Waals surface area contributed by atoms with Crippen molar-refractivity contribution in [1.82, 2.24) is 15.5 Å². The summed E-state index contributed by atoms with van der Waals surface area (Å²) in [7, 11) is 0. The maximum Gasteiger partial charge on any atom is 0.408 e. The van der Waals surface area contributed by atoms with Gasteiger partial charge in [0.25, 0.3) is 0 Å². The number of rotatable bonds is 14. The number of aromatic hydroxyl groups is 1. The fraction of sp³-hybridized carbons (Fsp3) is 0.545. The van der Waals surface area contributed by atoms with Crippen molar-refractivity contribution in [3.63, 3.8) is 0 Å². The van der Waals surface area contributed by atoms with Gasteiger partial charge in [-0.2, -0.15) is 0 Å². The summed E-state index contributed by atoms with van der Waals surface area (Å²) >= 11 is 0. The van der Waals surface area contributed by atoms with Gasteiger partial charge in [0, 0.05) is 19.0 Å². The first kappa shape index (κ1) is 33.7. The van der Waals surface area contributed by atoms with E-state index in [-0.39, 0.29) is 30.0 Å². The Bertz CT molecular complexity index is 1110. The number of carbonyl (C=O) groups is 3. The SMILES string of the molecule is CCCCCN(C(=O)C(Cc1ccc(O)cc1)NC(=O)OC(C)(C)C)C(C(=O)NC(C)CCC)c1ccc(C)cc1. The van der Waals surface area contributed by atoms with Gasteiger partial charge in [0.15, 0.2) is 0 Å². The van der Waals surface area contributed by atoms with Gasteiger partial charge in [-0.1, -0.05) is 75.1 Å². The van der Waals surface area contributed by atoms with E-state index in [1.807, 2.05) is 38.1 Å². The van der Waals surface area contributed by atoms with Crippen LogP contribution >= 0.6 is 0 Å². The van der Waals surface area contributed by atoms with Crippen molar-refractivity contribution in [2.75, 3.05) is 6.54 Å². The zero-order valence-corrected chi connectivity index (χ0v) is 25.8. The molecule has 0 fully saturated rings. The number of hydrogen-bond acceptors (Lipinski definition) is 5. The summed E-state index contributed by atoms with van der Waals surface area (Å²) in [6.07, 6.45) is 3.74. The maximum absolute atomic E-state index is 14.4. The van der Waals surface area contributed by atoms with E-state index < -0.39 is 23.8 Å². The van der Waals surface area contributed by atoms with Crippen LogP contribution in [0.1, 0.15) is 96.4 Å². The van der Waals surface area contributed by atoms with E-state index in [2.05, 4.69) is 24.5 Å². The minimum absolute atomic E-state index is 0.0549. The number of ether oxygens (including phenoxy) is 1. The molecule has 2 rings (SSSR count). The van der Waals surface area contributed by atoms with E-state index in [1.165, 1.54) is 0 Å². The number of phenolic OH excluding ortho intramolecular Hbond substituents is 1. The van der Waals surface area contributed by atoms with Crippen molar-refractivity contribution < 1.29 is 24.2 Å². The van der Waals surface area contributed by atoms with E-state index in [1.54, 1.807) is 49.9 Å². The molecule has 0 aliphatic carbocycles. The number of alkyl carbamates (subject to hydrolysis) is 1. The molecule has 3 unspecified atom stereocenters. The van der Waals surface area contributed by atoms with Gasteiger partial charge in [-0.25, -0.2) is 4.79 Å². The number of nitrogens with zero attached hydrogens (tertiary/aromatic N) is 1. The van der Waals surface area contributed by atoms with Gasteiger partial charge in [-0.15, -0.1) is 0 Å². The number of hydrogen-bond donors (Lipinski definition) is 3. The highest BCUT2D eigenvalue weighted by atomic mass is 16.6. The van der Waals surface area contributed by atoms with Crippen LogP contribution in [0.4, 0.5) is 4.79 Å². The normalized spacial score (nSPS) is 13.5. The highest BCUT2D eigenvalue weighted by Gasteiger charge is 2.36. The number of carbonyl (C=O) groups excluding carboxylic acids is 3. The van der Waals surface area contributed by atoms with Gasteiger partial charge in [0.05, 0.1) is 0 Å². The van der Waals surface area contributed by atoms with Crippen LogP contribution in [0.25, 0.3) is 0 Å². The Morgan fingerprint density at radius 3 is 2.12 bits per heavy atom. The number of benzene rings is 2. The van der Waals surface area contributed by atoms with Crippen LogP contribution in [0, 0.1) is 6.92 Å². The highest BCUT2D eigenvalue weighted by molar-refractivity contribution is 5.92. The second kappa shape index (κ2) is 16.0. The Kier molecular flexibility index (Phi) is 13.2. The molecule has 0 aromatic heterocycles. The fourth-order valence-corrected chi connectivity index (χ4v) is 4.67. The largest absolute Gasteiger partial charge is 0.508 e. The van der Waals surface area contributed by atoms with E-state index in [0.717, 1.165) is 36.8 Å². The maximum atomic E-state index is 14.4. The van der Waals surface area contributed by atoms with Gasteiger partial charge >= 0.3 is 6.09 Å². The Morgan fingerprint density at radius 1 is 0.927 bits per heavy atom. The summed E-state index contributed by atoms with van der Waals surface area (Å²) in [6.45, 7) is 13.7. The molecule has 226 valence electrons. The standard InChI is InChI=1S/C33H49N3O5/c1-8-10-11-21-36(29(26-17-13-23(3)14-18-26)30(38)34-24(4)12-9-2)31(39)28(35-32(40)41-33(5,6)7)22-25-15-19-27(37)20-16-25/h13-20,24,28-29,37H,8-12,21-22H2,1-7H3,(H,34,38)(H,35,40). The molecule has 0 saturated carbocycles. The van der Waals surface area contributed by atoms with Crippen molar-refractivity contribution >= 4 is 17.9 Å². The molecule has 2 aromatic carbocycles. The molecular formula is C33H49N3O5. The monoisotopic (exact) mass is 567 g/mol. The summed E-state index contributed by atoms with van der Waals surface area (Å²) in [4.78, 5) is 42.8. The molecule has 0 spiro atoms. The molecule has 2 aromatic rings. The van der Waals surface area contributed by atoms with E-state index in [4.69, 9.17) is 4.74 Å². The van der Waals surface area contributed by atoms with Crippen molar-refractivity contribution in [1.29, 1.82) is 0 Å². The molecule has 3 amide bonds. The van der Waals surface area contributed by atoms with Crippen molar-refractivity contribution in [2.24, 2.45) is 0 Å². The van der Waals surface area contributed by atoms with Gasteiger partial charge in [-0.3, -0.25) is 9.59 Å². The molecule has 0 radical (unpaired) electrons. The fourth-order valence-electron chi connectivity index (χ4n) is 4.67. The summed E-state index contributed by atoms with van der Waals surface area (Å²) in [5, 5.41) is 15.7. The second-order valence-corrected chi connectivity index (χ2v) is 11.8. The number of nitrogens with one attached hydrogen (secondary N) is 2. The van der Waals surface area contributed by atoms with Gasteiger partial charge in [0.1, 0.15) is 23.4 Å². The second-order valence-electron chi connectivity index (χ2n) is 11.8. The minimum atomic E-state index is -0.996. The van der Waals surface area contributed by atoms with Crippen molar-refractivity contribution in [3.05, 3.63) is 65.2 Å². The lowest BCUT2D eigenvalue weighted by atomic mass is 9.98. The third-order valence-corrected chi connectivity index (χ3v) is 6.71. The molecular weight excluding hydrogens is 518 g/mol. The zero-order valence-electron chi connectivity index (χ0n) is 25.8. The molecule has 0 aliphatic heterocycles. The number of amides is 3. The smallest absolute Gasteiger partial charge is 0.408 e. The number of aryl methyl sites for hydroxylation is 1. The van der Waals surface area contributed by atoms with Gasteiger partial charge in [0.2, 0.25) is 11.8 Å². The third kappa shape index (κ3) is 11.5. The molecule has 41 heavy (non-hydrogen) atoms. The van der Waals surface area contributed by atoms with Crippen molar-refractivity contribution in [3.8, 4) is 5.75 Å². The van der Waals surface area contributed by atoms with Gasteiger partial charge < -0.3 is 25.4 Å². The van der Waals surface area contributed by atoms with Crippen molar-refractivity contribution in [2.45, 2.75) is 111 Å². The lowest BCUT2D eigenvalue weighted by Crippen LogP contribution is -2.54. The number of phenols is 1. The van der Waals surface area contributed by atoms with E-state index in [9.17, 15) is 19.5 Å². The lowest BCUT2D eigenvalue weighted by Gasteiger charge is -2.35. The summed E-state index contributed by atoms with van der Waals surface area (Å²) in [5.41, 5.74) is 1.75. The van der Waals surface area contributed by atoms with Crippen LogP contribution in [-0.4, -0.2) is 52.1 Å². The van der Waals surface area contributed by atoms with Gasteiger partial charge in [-0.05, 0) is 70.7 Å². The highest BCUT2D eigenvalue weighted by Crippen LogP contribution is 2.25. The van der Waals surface area contributed by atoms with Crippen LogP contribution in [0.3, 0.4) is 0 Å². The first-order valence-electron chi connectivity index (χ1n) is 14.8. The van der Waals surface area contributed by atoms with E-state index in [0.29, 0.717) is 18.5 Å². The molecule has 3 atom stereocenters. The molecule has 3 N–H and O–H groups in total. The van der Waals surface area contributed by atoms with Crippen LogP contribution in [0.2, 0.25) is 0 Å². The van der Waals surface area contributed by atoms with Crippen LogP contribution in [-0.2, 0) is 20.7 Å². The predicted molar refractivity (Wildman–Crippen MR) is 163 cm³/mol. The average Bonchev–Trinajstić information content (AvgIpc) is 2.88. The predicted octanol–water partition coefficient (Wildman–Crippen LogP) is 6.20. The minimum Gasteiger partial charge on any atom is -0.508 e. The Morgan fingerprint density at radius 2 is 1.56 bits per heavy atom. The van der Waals surface area contributed by atoms with Crippen LogP contribution in [0.15, 0.2) is 48.5 Å². The summed E-state index contributed by atoms with van der Waals surface area (Å²) < 4.78 is 5.50. The Labute approximate surface area is 245 Å². The quantitative estimate of drug-likeness (QED) is 0.236. The Balaban J connectivity index is 2.55. The van der Waals surface area contributed by atoms with Crippen LogP contribution in [0.5, 0.6) is 5.75 Å². The first-order chi connectivity index (χ1) is 19.3. The third-order valence-electron chi connectivity index (χ3n) is 6.71. The molecule has 0 bridgehead atoms.